The zero-order valence-electron chi connectivity index (χ0n) is 7.83. The standard InChI is InChI=1S/K.Na.H3O7PS.2H/c;;1-8(2,3)7-9(4,5)6;;/h;;(H2,1,2,3)(H,4,5,6);;/q2*+1;;2*-1. The van der Waals surface area contributed by atoms with Crippen molar-refractivity contribution in [3.05, 3.63) is 0 Å². The average Bonchev–Trinajstić information content (AvgIpc) is 1.14. The maximum absolute atomic E-state index is 9.58. The van der Waals surface area contributed by atoms with E-state index in [-0.39, 0.29) is 83.8 Å². The van der Waals surface area contributed by atoms with Crippen molar-refractivity contribution in [2.75, 3.05) is 0 Å². The van der Waals surface area contributed by atoms with Crippen molar-refractivity contribution >= 4 is 18.2 Å². The first kappa shape index (κ1) is 19.3. The van der Waals surface area contributed by atoms with Crippen molar-refractivity contribution < 1.29 is 115 Å². The molecule has 0 aliphatic carbocycles. The third-order valence-electron chi connectivity index (χ3n) is 0.191. The van der Waals surface area contributed by atoms with Crippen LogP contribution in [0.2, 0.25) is 0 Å². The predicted octanol–water partition coefficient (Wildman–Crippen LogP) is -6.87. The van der Waals surface area contributed by atoms with Crippen LogP contribution in [0.15, 0.2) is 0 Å². The number of hydrogen-bond acceptors (Lipinski definition) is 4. The molecule has 0 heterocycles. The van der Waals surface area contributed by atoms with Gasteiger partial charge in [-0.3, -0.25) is 4.55 Å². The Morgan fingerprint density at radius 1 is 1.36 bits per heavy atom. The summed E-state index contributed by atoms with van der Waals surface area (Å²) in [6.45, 7) is 0. The minimum atomic E-state index is -5.13. The molecule has 0 aliphatic rings. The molecule has 0 bridgehead atoms. The molecule has 7 nitrogen and oxygen atoms in total. The molecule has 0 radical (unpaired) electrons. The summed E-state index contributed by atoms with van der Waals surface area (Å²) in [5.41, 5.74) is 0. The Morgan fingerprint density at radius 3 is 1.64 bits per heavy atom. The molecule has 11 heavy (non-hydrogen) atoms. The number of phosphoric acid groups is 1. The average molecular weight is 242 g/mol. The molecular weight excluding hydrogens is 237 g/mol. The zero-order chi connectivity index (χ0) is 7.71. The van der Waals surface area contributed by atoms with Crippen molar-refractivity contribution in [3.8, 4) is 0 Å². The van der Waals surface area contributed by atoms with Gasteiger partial charge in [-0.1, -0.05) is 0 Å². The molecule has 0 rings (SSSR count). The summed E-state index contributed by atoms with van der Waals surface area (Å²) >= 11 is 0. The van der Waals surface area contributed by atoms with E-state index in [9.17, 15) is 13.0 Å². The molecule has 0 fully saturated rings. The molecular formula is H5KNaO7PS. The summed E-state index contributed by atoms with van der Waals surface area (Å²) in [6.07, 6.45) is 0. The quantitative estimate of drug-likeness (QED) is 0.250. The largest absolute Gasteiger partial charge is 1.00 e. The normalized spacial score (nSPS) is 11.2. The monoisotopic (exact) mass is 242 g/mol. The molecule has 0 saturated carbocycles. The van der Waals surface area contributed by atoms with Gasteiger partial charge in [-0.25, -0.2) is 4.57 Å². The van der Waals surface area contributed by atoms with E-state index in [0.717, 1.165) is 0 Å². The third-order valence-corrected chi connectivity index (χ3v) is 1.72. The SMILES string of the molecule is O=P(O)(O)OS(=O)(=O)O.[H-].[H-].[K+].[Na+]. The van der Waals surface area contributed by atoms with E-state index in [1.165, 1.54) is 0 Å². The van der Waals surface area contributed by atoms with Crippen LogP contribution < -0.4 is 80.9 Å². The fourth-order valence-electron chi connectivity index (χ4n) is 0.123. The van der Waals surface area contributed by atoms with Gasteiger partial charge in [-0.05, 0) is 0 Å². The van der Waals surface area contributed by atoms with E-state index in [2.05, 4.69) is 3.97 Å². The Labute approximate surface area is 131 Å². The van der Waals surface area contributed by atoms with Crippen molar-refractivity contribution in [1.29, 1.82) is 0 Å². The minimum Gasteiger partial charge on any atom is -1.00 e. The molecule has 60 valence electrons. The van der Waals surface area contributed by atoms with Gasteiger partial charge in [0.15, 0.2) is 0 Å². The molecule has 3 N–H and O–H groups in total. The van der Waals surface area contributed by atoms with Crippen molar-refractivity contribution in [1.82, 2.24) is 0 Å². The Kier molecular flexibility index (Phi) is 12.3. The maximum Gasteiger partial charge on any atom is 1.00 e. The summed E-state index contributed by atoms with van der Waals surface area (Å²) in [7, 11) is -10.2. The third kappa shape index (κ3) is 19.2. The van der Waals surface area contributed by atoms with Crippen LogP contribution in [0.3, 0.4) is 0 Å². The van der Waals surface area contributed by atoms with E-state index in [0.29, 0.717) is 0 Å². The molecule has 0 amide bonds. The molecule has 0 spiro atoms. The number of rotatable bonds is 2. The molecule has 0 aromatic carbocycles. The van der Waals surface area contributed by atoms with Crippen LogP contribution in [0.1, 0.15) is 2.85 Å². The predicted molar refractivity (Wildman–Crippen MR) is 26.9 cm³/mol. The van der Waals surface area contributed by atoms with Gasteiger partial charge >= 0.3 is 99.2 Å². The number of hydrogen-bond donors (Lipinski definition) is 3. The van der Waals surface area contributed by atoms with Crippen LogP contribution >= 0.6 is 7.82 Å². The van der Waals surface area contributed by atoms with E-state index < -0.39 is 18.2 Å². The minimum absolute atomic E-state index is 0. The van der Waals surface area contributed by atoms with Crippen LogP contribution in [0.25, 0.3) is 0 Å². The second kappa shape index (κ2) is 7.02. The van der Waals surface area contributed by atoms with Crippen LogP contribution in [0.5, 0.6) is 0 Å². The second-order valence-electron chi connectivity index (χ2n) is 0.993. The second-order valence-corrected chi connectivity index (χ2v) is 3.43. The first-order valence-electron chi connectivity index (χ1n) is 1.45. The summed E-state index contributed by atoms with van der Waals surface area (Å²) in [4.78, 5) is 15.4. The van der Waals surface area contributed by atoms with Gasteiger partial charge in [0.2, 0.25) is 0 Å². The molecule has 0 aromatic rings. The van der Waals surface area contributed by atoms with Crippen molar-refractivity contribution in [2.24, 2.45) is 0 Å². The Balaban J connectivity index is -0.0000000533. The van der Waals surface area contributed by atoms with Gasteiger partial charge in [-0.15, -0.1) is 3.97 Å². The van der Waals surface area contributed by atoms with E-state index in [4.69, 9.17) is 14.3 Å². The van der Waals surface area contributed by atoms with Crippen LogP contribution in [0.4, 0.5) is 0 Å². The molecule has 0 unspecified atom stereocenters. The van der Waals surface area contributed by atoms with Gasteiger partial charge in [0.25, 0.3) is 0 Å². The summed E-state index contributed by atoms with van der Waals surface area (Å²) in [6, 6.07) is 0. The first-order valence-corrected chi connectivity index (χ1v) is 4.34. The van der Waals surface area contributed by atoms with E-state index in [1.807, 2.05) is 0 Å². The van der Waals surface area contributed by atoms with Gasteiger partial charge in [0.05, 0.1) is 0 Å². The fourth-order valence-corrected chi connectivity index (χ4v) is 1.10. The molecule has 11 heteroatoms. The van der Waals surface area contributed by atoms with Gasteiger partial charge in [-0.2, -0.15) is 8.42 Å². The van der Waals surface area contributed by atoms with E-state index >= 15 is 0 Å². The maximum atomic E-state index is 9.58. The summed E-state index contributed by atoms with van der Waals surface area (Å²) < 4.78 is 39.0. The Hall–Kier alpha value is 2.66. The van der Waals surface area contributed by atoms with Crippen LogP contribution in [-0.2, 0) is 18.9 Å². The summed E-state index contributed by atoms with van der Waals surface area (Å²) in [5, 5.41) is 0. The van der Waals surface area contributed by atoms with Crippen molar-refractivity contribution in [2.45, 2.75) is 0 Å². The van der Waals surface area contributed by atoms with Crippen LogP contribution in [-0.4, -0.2) is 22.8 Å². The van der Waals surface area contributed by atoms with Crippen LogP contribution in [0, 0.1) is 0 Å². The molecule has 0 aromatic heterocycles. The van der Waals surface area contributed by atoms with Gasteiger partial charge in [0, 0.05) is 0 Å². The molecule has 0 atom stereocenters. The van der Waals surface area contributed by atoms with Gasteiger partial charge in [0.1, 0.15) is 0 Å². The van der Waals surface area contributed by atoms with Crippen molar-refractivity contribution in [3.63, 3.8) is 0 Å². The Bertz CT molecular complexity index is 233. The first-order chi connectivity index (χ1) is 3.71. The van der Waals surface area contributed by atoms with Gasteiger partial charge < -0.3 is 12.6 Å². The Morgan fingerprint density at radius 2 is 1.64 bits per heavy atom. The smallest absolute Gasteiger partial charge is 1.00 e. The molecule has 0 aliphatic heterocycles. The fraction of sp³-hybridized carbons (Fsp3) is 0. The topological polar surface area (TPSA) is 121 Å². The summed E-state index contributed by atoms with van der Waals surface area (Å²) in [5.74, 6) is 0. The zero-order valence-corrected chi connectivity index (χ0v) is 12.7. The van der Waals surface area contributed by atoms with E-state index in [1.54, 1.807) is 0 Å². The molecule has 0 saturated heterocycles.